The maximum absolute atomic E-state index is 5.47. The van der Waals surface area contributed by atoms with Gasteiger partial charge in [-0.1, -0.05) is 24.4 Å². The molecule has 0 aliphatic carbocycles. The molecule has 0 spiro atoms. The summed E-state index contributed by atoms with van der Waals surface area (Å²) >= 11 is 1.40. The highest BCUT2D eigenvalue weighted by Gasteiger charge is 2.18. The van der Waals surface area contributed by atoms with Gasteiger partial charge in [-0.25, -0.2) is 0 Å². The largest absolute Gasteiger partial charge is 0.271 e. The summed E-state index contributed by atoms with van der Waals surface area (Å²) in [5.41, 5.74) is 3.79. The van der Waals surface area contributed by atoms with E-state index in [2.05, 4.69) is 35.4 Å². The van der Waals surface area contributed by atoms with E-state index in [9.17, 15) is 0 Å². The molecule has 5 heteroatoms. The van der Waals surface area contributed by atoms with E-state index in [1.807, 2.05) is 6.08 Å². The Hall–Kier alpha value is -0.780. The van der Waals surface area contributed by atoms with Crippen LogP contribution >= 0.6 is 11.5 Å². The Balaban J connectivity index is 2.91. The molecule has 1 aromatic heterocycles. The van der Waals surface area contributed by atoms with Crippen molar-refractivity contribution in [2.75, 3.05) is 0 Å². The molecule has 1 atom stereocenters. The number of hydrogen-bond acceptors (Lipinski definition) is 5. The Labute approximate surface area is 88.3 Å². The Kier molecular flexibility index (Phi) is 4.19. The van der Waals surface area contributed by atoms with Crippen LogP contribution in [-0.4, -0.2) is 9.59 Å². The van der Waals surface area contributed by atoms with E-state index in [-0.39, 0.29) is 6.04 Å². The van der Waals surface area contributed by atoms with E-state index < -0.39 is 0 Å². The van der Waals surface area contributed by atoms with Gasteiger partial charge in [0, 0.05) is 0 Å². The number of rotatable bonds is 5. The van der Waals surface area contributed by atoms with Gasteiger partial charge in [0.2, 0.25) is 0 Å². The third kappa shape index (κ3) is 2.37. The molecule has 0 radical (unpaired) electrons. The molecule has 0 aromatic carbocycles. The number of aromatic nitrogens is 2. The molecule has 1 unspecified atom stereocenters. The van der Waals surface area contributed by atoms with Crippen molar-refractivity contribution in [3.8, 4) is 0 Å². The number of nitrogens with two attached hydrogens (primary N) is 1. The number of hydrogen-bond donors (Lipinski definition) is 2. The zero-order valence-corrected chi connectivity index (χ0v) is 9.34. The van der Waals surface area contributed by atoms with E-state index in [1.165, 1.54) is 11.5 Å². The second-order valence-electron chi connectivity index (χ2n) is 3.42. The summed E-state index contributed by atoms with van der Waals surface area (Å²) in [4.78, 5) is 1.11. The lowest BCUT2D eigenvalue weighted by molar-refractivity contribution is 0.560. The summed E-state index contributed by atoms with van der Waals surface area (Å²) in [6, 6.07) is 0.0879. The van der Waals surface area contributed by atoms with E-state index in [4.69, 9.17) is 5.84 Å². The summed E-state index contributed by atoms with van der Waals surface area (Å²) in [6.45, 7) is 7.90. The first-order chi connectivity index (χ1) is 6.70. The molecule has 0 amide bonds. The molecule has 0 aliphatic heterocycles. The average molecular weight is 212 g/mol. The summed E-state index contributed by atoms with van der Waals surface area (Å²) in [5, 5.41) is 4.11. The smallest absolute Gasteiger partial charge is 0.0829 e. The molecule has 3 N–H and O–H groups in total. The van der Waals surface area contributed by atoms with E-state index in [0.29, 0.717) is 5.92 Å². The predicted molar refractivity (Wildman–Crippen MR) is 58.9 cm³/mol. The standard InChI is InChI=1S/C9H16N4S/c1-4-5-7(11-10)9-8(6(2)3)12-13-14-9/h4,6-7,11H,1,5,10H2,2-3H3. The van der Waals surface area contributed by atoms with Crippen LogP contribution in [0, 0.1) is 0 Å². The molecule has 1 aromatic rings. The van der Waals surface area contributed by atoms with Gasteiger partial charge in [0.1, 0.15) is 0 Å². The lowest BCUT2D eigenvalue weighted by atomic mass is 10.0. The Morgan fingerprint density at radius 1 is 1.64 bits per heavy atom. The van der Waals surface area contributed by atoms with Gasteiger partial charge >= 0.3 is 0 Å². The summed E-state index contributed by atoms with van der Waals surface area (Å²) in [6.07, 6.45) is 2.63. The van der Waals surface area contributed by atoms with Crippen LogP contribution in [-0.2, 0) is 0 Å². The minimum atomic E-state index is 0.0879. The van der Waals surface area contributed by atoms with Crippen molar-refractivity contribution in [2.45, 2.75) is 32.2 Å². The first-order valence-corrected chi connectivity index (χ1v) is 5.37. The molecule has 0 saturated carbocycles. The van der Waals surface area contributed by atoms with Crippen LogP contribution < -0.4 is 11.3 Å². The highest BCUT2D eigenvalue weighted by Crippen LogP contribution is 2.27. The minimum Gasteiger partial charge on any atom is -0.271 e. The Bertz CT molecular complexity index is 295. The second-order valence-corrected chi connectivity index (χ2v) is 4.21. The fraction of sp³-hybridized carbons (Fsp3) is 0.556. The third-order valence-corrected chi connectivity index (χ3v) is 2.86. The summed E-state index contributed by atoms with van der Waals surface area (Å²) < 4.78 is 3.96. The molecular formula is C9H16N4S. The second kappa shape index (κ2) is 5.19. The maximum Gasteiger partial charge on any atom is 0.0829 e. The maximum atomic E-state index is 5.47. The van der Waals surface area contributed by atoms with Crippen LogP contribution in [0.25, 0.3) is 0 Å². The van der Waals surface area contributed by atoms with E-state index >= 15 is 0 Å². The molecule has 0 fully saturated rings. The van der Waals surface area contributed by atoms with Crippen molar-refractivity contribution in [2.24, 2.45) is 5.84 Å². The highest BCUT2D eigenvalue weighted by molar-refractivity contribution is 7.05. The van der Waals surface area contributed by atoms with Crippen LogP contribution in [0.2, 0.25) is 0 Å². The van der Waals surface area contributed by atoms with Crippen LogP contribution in [0.15, 0.2) is 12.7 Å². The van der Waals surface area contributed by atoms with Crippen LogP contribution in [0.3, 0.4) is 0 Å². The Morgan fingerprint density at radius 3 is 2.86 bits per heavy atom. The minimum absolute atomic E-state index is 0.0879. The molecule has 1 rings (SSSR count). The highest BCUT2D eigenvalue weighted by atomic mass is 32.1. The fourth-order valence-electron chi connectivity index (χ4n) is 1.26. The van der Waals surface area contributed by atoms with Crippen LogP contribution in [0.5, 0.6) is 0 Å². The van der Waals surface area contributed by atoms with Gasteiger partial charge in [0.05, 0.1) is 16.6 Å². The van der Waals surface area contributed by atoms with Gasteiger partial charge in [-0.05, 0) is 23.9 Å². The quantitative estimate of drug-likeness (QED) is 0.443. The normalized spacial score (nSPS) is 13.1. The van der Waals surface area contributed by atoms with Gasteiger partial charge < -0.3 is 0 Å². The topological polar surface area (TPSA) is 63.8 Å². The number of hydrazine groups is 1. The zero-order valence-electron chi connectivity index (χ0n) is 8.53. The zero-order chi connectivity index (χ0) is 10.6. The van der Waals surface area contributed by atoms with E-state index in [0.717, 1.165) is 17.0 Å². The average Bonchev–Trinajstić information content (AvgIpc) is 2.62. The van der Waals surface area contributed by atoms with E-state index in [1.54, 1.807) is 0 Å². The lowest BCUT2D eigenvalue weighted by Crippen LogP contribution is -2.27. The van der Waals surface area contributed by atoms with Crippen molar-refractivity contribution in [1.29, 1.82) is 0 Å². The predicted octanol–water partition coefficient (Wildman–Crippen LogP) is 1.74. The molecular weight excluding hydrogens is 196 g/mol. The van der Waals surface area contributed by atoms with Gasteiger partial charge in [0.15, 0.2) is 0 Å². The monoisotopic (exact) mass is 212 g/mol. The first kappa shape index (κ1) is 11.3. The molecule has 4 nitrogen and oxygen atoms in total. The summed E-state index contributed by atoms with van der Waals surface area (Å²) in [5.74, 6) is 5.85. The number of nitrogens with one attached hydrogen (secondary N) is 1. The molecule has 0 aliphatic rings. The van der Waals surface area contributed by atoms with Crippen molar-refractivity contribution in [3.05, 3.63) is 23.2 Å². The molecule has 14 heavy (non-hydrogen) atoms. The first-order valence-electron chi connectivity index (χ1n) is 4.59. The summed E-state index contributed by atoms with van der Waals surface area (Å²) in [7, 11) is 0. The van der Waals surface area contributed by atoms with Crippen molar-refractivity contribution in [3.63, 3.8) is 0 Å². The van der Waals surface area contributed by atoms with Crippen molar-refractivity contribution < 1.29 is 0 Å². The van der Waals surface area contributed by atoms with Crippen LogP contribution in [0.4, 0.5) is 0 Å². The third-order valence-electron chi connectivity index (χ3n) is 2.01. The fourth-order valence-corrected chi connectivity index (χ4v) is 2.14. The molecule has 78 valence electrons. The molecule has 0 bridgehead atoms. The molecule has 1 heterocycles. The number of nitrogens with zero attached hydrogens (tertiary/aromatic N) is 2. The SMILES string of the molecule is C=CCC(NN)c1snnc1C(C)C. The van der Waals surface area contributed by atoms with Gasteiger partial charge in [0.25, 0.3) is 0 Å². The lowest BCUT2D eigenvalue weighted by Gasteiger charge is -2.13. The van der Waals surface area contributed by atoms with Crippen molar-refractivity contribution >= 4 is 11.5 Å². The van der Waals surface area contributed by atoms with Gasteiger partial charge in [-0.15, -0.1) is 11.7 Å². The van der Waals surface area contributed by atoms with Gasteiger partial charge in [-0.3, -0.25) is 11.3 Å². The van der Waals surface area contributed by atoms with Crippen molar-refractivity contribution in [1.82, 2.24) is 15.0 Å². The molecule has 0 saturated heterocycles. The van der Waals surface area contributed by atoms with Crippen LogP contribution in [0.1, 0.15) is 42.8 Å². The Morgan fingerprint density at radius 2 is 2.36 bits per heavy atom. The van der Waals surface area contributed by atoms with Gasteiger partial charge in [-0.2, -0.15) is 0 Å².